The van der Waals surface area contributed by atoms with Gasteiger partial charge in [-0.3, -0.25) is 0 Å². The molecule has 2 aromatic heterocycles. The van der Waals surface area contributed by atoms with Crippen LogP contribution in [-0.2, 0) is 6.42 Å². The van der Waals surface area contributed by atoms with Crippen LogP contribution in [0.5, 0.6) is 0 Å². The average molecular weight is 533 g/mol. The smallest absolute Gasteiger partial charge is 0.163 e. The molecule has 0 amide bonds. The van der Waals surface area contributed by atoms with E-state index >= 15 is 0 Å². The molecule has 4 aromatic rings. The van der Waals surface area contributed by atoms with Crippen LogP contribution in [0.1, 0.15) is 25.1 Å². The molecule has 5 nitrogen and oxygen atoms in total. The highest BCUT2D eigenvalue weighted by Crippen LogP contribution is 2.23. The molecular weight excluding hydrogens is 509 g/mol. The van der Waals surface area contributed by atoms with E-state index in [0.717, 1.165) is 60.5 Å². The summed E-state index contributed by atoms with van der Waals surface area (Å²) in [5.74, 6) is 1.64. The molecular formula is C23H24ClIN5-. The van der Waals surface area contributed by atoms with E-state index in [2.05, 4.69) is 17.4 Å². The van der Waals surface area contributed by atoms with Crippen molar-refractivity contribution in [3.63, 3.8) is 0 Å². The highest BCUT2D eigenvalue weighted by Gasteiger charge is 2.13. The van der Waals surface area contributed by atoms with Crippen molar-refractivity contribution < 1.29 is 24.0 Å². The zero-order valence-electron chi connectivity index (χ0n) is 16.9. The number of hydrogen-bond acceptors (Lipinski definition) is 4. The minimum Gasteiger partial charge on any atom is -1.00 e. The molecule has 0 fully saturated rings. The molecule has 0 radical (unpaired) electrons. The maximum atomic E-state index is 6.05. The molecule has 0 saturated heterocycles. The lowest BCUT2D eigenvalue weighted by Gasteiger charge is -2.07. The van der Waals surface area contributed by atoms with E-state index < -0.39 is 0 Å². The van der Waals surface area contributed by atoms with Gasteiger partial charge in [0.1, 0.15) is 5.82 Å². The number of nitrogens with zero attached hydrogens (tertiary/aromatic N) is 4. The molecule has 0 bridgehead atoms. The van der Waals surface area contributed by atoms with Gasteiger partial charge in [-0.05, 0) is 50.7 Å². The largest absolute Gasteiger partial charge is 1.00 e. The van der Waals surface area contributed by atoms with E-state index in [0.29, 0.717) is 10.8 Å². The van der Waals surface area contributed by atoms with Crippen molar-refractivity contribution >= 4 is 17.2 Å². The highest BCUT2D eigenvalue weighted by atomic mass is 127. The Balaban J connectivity index is 0.00000256. The van der Waals surface area contributed by atoms with Gasteiger partial charge in [-0.15, -0.1) is 0 Å². The molecule has 0 aliphatic rings. The monoisotopic (exact) mass is 532 g/mol. The lowest BCUT2D eigenvalue weighted by Crippen LogP contribution is -3.00. The molecule has 0 aliphatic carbocycles. The van der Waals surface area contributed by atoms with Crippen molar-refractivity contribution in [2.24, 2.45) is 0 Å². The summed E-state index contributed by atoms with van der Waals surface area (Å²) in [5, 5.41) is 8.71. The van der Waals surface area contributed by atoms with Crippen LogP contribution in [0.15, 0.2) is 60.7 Å². The van der Waals surface area contributed by atoms with E-state index in [1.807, 2.05) is 60.1 Å². The van der Waals surface area contributed by atoms with Gasteiger partial charge in [0, 0.05) is 28.6 Å². The quantitative estimate of drug-likeness (QED) is 0.279. The van der Waals surface area contributed by atoms with Gasteiger partial charge in [-0.1, -0.05) is 48.4 Å². The van der Waals surface area contributed by atoms with Crippen molar-refractivity contribution in [1.82, 2.24) is 24.9 Å². The minimum atomic E-state index is 0. The fourth-order valence-electron chi connectivity index (χ4n) is 3.35. The maximum Gasteiger partial charge on any atom is 0.163 e. The van der Waals surface area contributed by atoms with Crippen LogP contribution in [0, 0.1) is 0 Å². The molecule has 30 heavy (non-hydrogen) atoms. The second-order valence-corrected chi connectivity index (χ2v) is 7.49. The Bertz CT molecular complexity index is 1080. The zero-order valence-corrected chi connectivity index (χ0v) is 19.8. The number of fused-ring (bicyclic) bond motifs is 1. The number of nitrogens with one attached hydrogen (secondary N) is 1. The molecule has 0 aliphatic heterocycles. The summed E-state index contributed by atoms with van der Waals surface area (Å²) in [4.78, 5) is 9.63. The third-order valence-electron chi connectivity index (χ3n) is 4.89. The molecule has 7 heteroatoms. The lowest BCUT2D eigenvalue weighted by molar-refractivity contribution is -0.00000604. The molecule has 2 aromatic carbocycles. The Morgan fingerprint density at radius 1 is 0.900 bits per heavy atom. The fraction of sp³-hybridized carbons (Fsp3) is 0.261. The third kappa shape index (κ3) is 5.36. The van der Waals surface area contributed by atoms with Crippen LogP contribution >= 0.6 is 11.6 Å². The van der Waals surface area contributed by atoms with Gasteiger partial charge in [0.25, 0.3) is 0 Å². The van der Waals surface area contributed by atoms with E-state index in [1.54, 1.807) is 0 Å². The van der Waals surface area contributed by atoms with Gasteiger partial charge in [0.15, 0.2) is 11.5 Å². The predicted octanol–water partition coefficient (Wildman–Crippen LogP) is 2.05. The van der Waals surface area contributed by atoms with Crippen molar-refractivity contribution in [3.05, 3.63) is 71.5 Å². The summed E-state index contributed by atoms with van der Waals surface area (Å²) in [6, 6.07) is 19.9. The van der Waals surface area contributed by atoms with Gasteiger partial charge < -0.3 is 29.3 Å². The second-order valence-electron chi connectivity index (χ2n) is 7.05. The number of unbranched alkanes of at least 4 members (excludes halogenated alkanes) is 2. The zero-order chi connectivity index (χ0) is 20.1. The van der Waals surface area contributed by atoms with Crippen LogP contribution in [0.3, 0.4) is 0 Å². The van der Waals surface area contributed by atoms with Crippen molar-refractivity contribution in [2.45, 2.75) is 25.7 Å². The molecule has 0 spiro atoms. The first-order valence-corrected chi connectivity index (χ1v) is 10.3. The van der Waals surface area contributed by atoms with Crippen LogP contribution in [0.25, 0.3) is 28.3 Å². The highest BCUT2D eigenvalue weighted by molar-refractivity contribution is 6.30. The molecule has 0 unspecified atom stereocenters. The van der Waals surface area contributed by atoms with Gasteiger partial charge in [-0.25, -0.2) is 14.5 Å². The van der Waals surface area contributed by atoms with Crippen LogP contribution < -0.4 is 29.3 Å². The molecule has 156 valence electrons. The molecule has 4 rings (SSSR count). The van der Waals surface area contributed by atoms with E-state index in [9.17, 15) is 0 Å². The predicted molar refractivity (Wildman–Crippen MR) is 118 cm³/mol. The molecule has 2 heterocycles. The summed E-state index contributed by atoms with van der Waals surface area (Å²) in [7, 11) is 1.99. The molecule has 0 atom stereocenters. The summed E-state index contributed by atoms with van der Waals surface area (Å²) < 4.78 is 1.89. The third-order valence-corrected chi connectivity index (χ3v) is 5.14. The summed E-state index contributed by atoms with van der Waals surface area (Å²) in [5.41, 5.74) is 3.75. The number of rotatable bonds is 8. The number of aromatic nitrogens is 4. The Labute approximate surface area is 198 Å². The van der Waals surface area contributed by atoms with Crippen LogP contribution in [-0.4, -0.2) is 33.2 Å². The van der Waals surface area contributed by atoms with Gasteiger partial charge in [0.05, 0.1) is 5.69 Å². The van der Waals surface area contributed by atoms with Crippen molar-refractivity contribution in [1.29, 1.82) is 0 Å². The molecule has 1 N–H and O–H groups in total. The number of halogens is 2. The Morgan fingerprint density at radius 3 is 2.40 bits per heavy atom. The summed E-state index contributed by atoms with van der Waals surface area (Å²) in [6.45, 7) is 1.04. The SMILES string of the molecule is CNCCCCCc1nc(-c2ccc(Cl)cc2)nc2cc(-c3ccccc3)nn12.[I-]. The van der Waals surface area contributed by atoms with Gasteiger partial charge in [0.2, 0.25) is 0 Å². The number of aryl methyl sites for hydroxylation is 1. The Morgan fingerprint density at radius 2 is 1.67 bits per heavy atom. The minimum absolute atomic E-state index is 0. The van der Waals surface area contributed by atoms with Crippen molar-refractivity contribution in [2.75, 3.05) is 13.6 Å². The number of benzene rings is 2. The average Bonchev–Trinajstić information content (AvgIpc) is 3.19. The Kier molecular flexibility index (Phi) is 8.18. The van der Waals surface area contributed by atoms with Crippen LogP contribution in [0.4, 0.5) is 0 Å². The standard InChI is InChI=1S/C23H24ClN5.HI/c1-25-15-7-3-6-10-21-26-23(18-11-13-19(24)14-12-18)27-22-16-20(28-29(21)22)17-8-4-2-5-9-17;/h2,4-5,8-9,11-14,16,25H,3,6-7,10,15H2,1H3;1H/p-1. The topological polar surface area (TPSA) is 55.1 Å². The summed E-state index contributed by atoms with van der Waals surface area (Å²) in [6.07, 6.45) is 4.23. The Hall–Kier alpha value is -2.03. The van der Waals surface area contributed by atoms with E-state index in [4.69, 9.17) is 26.7 Å². The lowest BCUT2D eigenvalue weighted by atomic mass is 10.1. The maximum absolute atomic E-state index is 6.05. The van der Waals surface area contributed by atoms with Crippen LogP contribution in [0.2, 0.25) is 5.02 Å². The summed E-state index contributed by atoms with van der Waals surface area (Å²) >= 11 is 6.05. The fourth-order valence-corrected chi connectivity index (χ4v) is 3.47. The van der Waals surface area contributed by atoms with E-state index in [1.165, 1.54) is 0 Å². The second kappa shape index (κ2) is 10.8. The first-order valence-electron chi connectivity index (χ1n) is 9.97. The first kappa shape index (κ1) is 22.7. The van der Waals surface area contributed by atoms with Gasteiger partial charge >= 0.3 is 0 Å². The van der Waals surface area contributed by atoms with Crippen molar-refractivity contribution in [3.8, 4) is 22.6 Å². The molecule has 0 saturated carbocycles. The number of hydrogen-bond donors (Lipinski definition) is 1. The van der Waals surface area contributed by atoms with E-state index in [-0.39, 0.29) is 24.0 Å². The normalized spacial score (nSPS) is 10.9. The first-order chi connectivity index (χ1) is 14.2. The van der Waals surface area contributed by atoms with Gasteiger partial charge in [-0.2, -0.15) is 5.10 Å².